The van der Waals surface area contributed by atoms with Crippen molar-refractivity contribution in [3.63, 3.8) is 0 Å². The standard InChI is InChI=1S/C14H12ClN3O5/c1-8(13(19)17-10-4-2-3-9(15)5-10)23-14(20)12-6-11(7-16-12)18(21)22/h2-8,16H,1H3,(H,17,19). The van der Waals surface area contributed by atoms with E-state index in [0.717, 1.165) is 12.3 Å². The molecule has 0 bridgehead atoms. The van der Waals surface area contributed by atoms with Crippen molar-refractivity contribution in [2.45, 2.75) is 13.0 Å². The highest BCUT2D eigenvalue weighted by atomic mass is 35.5. The zero-order valence-corrected chi connectivity index (χ0v) is 12.7. The minimum Gasteiger partial charge on any atom is -0.448 e. The third-order valence-corrected chi connectivity index (χ3v) is 3.08. The number of hydrogen-bond acceptors (Lipinski definition) is 5. The number of amides is 1. The van der Waals surface area contributed by atoms with E-state index in [9.17, 15) is 19.7 Å². The first-order valence-corrected chi connectivity index (χ1v) is 6.85. The number of H-pyrrole nitrogens is 1. The van der Waals surface area contributed by atoms with E-state index in [1.54, 1.807) is 24.3 Å². The van der Waals surface area contributed by atoms with Crippen LogP contribution in [-0.4, -0.2) is 27.9 Å². The van der Waals surface area contributed by atoms with Crippen LogP contribution in [0.3, 0.4) is 0 Å². The average Bonchev–Trinajstić information content (AvgIpc) is 2.97. The fourth-order valence-electron chi connectivity index (χ4n) is 1.69. The largest absolute Gasteiger partial charge is 0.448 e. The Hall–Kier alpha value is -2.87. The van der Waals surface area contributed by atoms with E-state index in [1.807, 2.05) is 0 Å². The van der Waals surface area contributed by atoms with Crippen molar-refractivity contribution >= 4 is 34.9 Å². The Morgan fingerprint density at radius 2 is 2.13 bits per heavy atom. The predicted octanol–water partition coefficient (Wildman–Crippen LogP) is 2.76. The number of rotatable bonds is 5. The van der Waals surface area contributed by atoms with Gasteiger partial charge in [0.05, 0.1) is 11.1 Å². The van der Waals surface area contributed by atoms with Gasteiger partial charge in [-0.3, -0.25) is 14.9 Å². The molecule has 0 saturated heterocycles. The van der Waals surface area contributed by atoms with Crippen molar-refractivity contribution in [1.82, 2.24) is 4.98 Å². The number of nitrogens with zero attached hydrogens (tertiary/aromatic N) is 1. The lowest BCUT2D eigenvalue weighted by Gasteiger charge is -2.13. The van der Waals surface area contributed by atoms with E-state index in [2.05, 4.69) is 10.3 Å². The van der Waals surface area contributed by atoms with Gasteiger partial charge in [-0.1, -0.05) is 17.7 Å². The molecule has 0 radical (unpaired) electrons. The van der Waals surface area contributed by atoms with Gasteiger partial charge in [-0.2, -0.15) is 0 Å². The number of ether oxygens (including phenoxy) is 1. The smallest absolute Gasteiger partial charge is 0.355 e. The van der Waals surface area contributed by atoms with E-state index in [1.165, 1.54) is 6.92 Å². The molecule has 0 spiro atoms. The summed E-state index contributed by atoms with van der Waals surface area (Å²) in [5, 5.41) is 13.6. The number of benzene rings is 1. The summed E-state index contributed by atoms with van der Waals surface area (Å²) >= 11 is 5.80. The monoisotopic (exact) mass is 337 g/mol. The first-order valence-electron chi connectivity index (χ1n) is 6.47. The molecule has 1 amide bonds. The highest BCUT2D eigenvalue weighted by molar-refractivity contribution is 6.30. The highest BCUT2D eigenvalue weighted by Crippen LogP contribution is 2.16. The fourth-order valence-corrected chi connectivity index (χ4v) is 1.88. The number of carbonyl (C=O) groups excluding carboxylic acids is 2. The maximum absolute atomic E-state index is 12.0. The SMILES string of the molecule is CC(OC(=O)c1cc([N+](=O)[O-])c[nH]1)C(=O)Nc1cccc(Cl)c1. The Balaban J connectivity index is 1.97. The predicted molar refractivity (Wildman–Crippen MR) is 82.4 cm³/mol. The summed E-state index contributed by atoms with van der Waals surface area (Å²) in [6.45, 7) is 1.38. The number of nitro groups is 1. The second-order valence-corrected chi connectivity index (χ2v) is 5.01. The molecular formula is C14H12ClN3O5. The second-order valence-electron chi connectivity index (χ2n) is 4.58. The number of nitrogens with one attached hydrogen (secondary N) is 2. The summed E-state index contributed by atoms with van der Waals surface area (Å²) in [6.07, 6.45) is -0.0309. The third kappa shape index (κ3) is 4.30. The van der Waals surface area contributed by atoms with Crippen LogP contribution >= 0.6 is 11.6 Å². The van der Waals surface area contributed by atoms with Crippen LogP contribution in [0.1, 0.15) is 17.4 Å². The number of hydrogen-bond donors (Lipinski definition) is 2. The number of aromatic amines is 1. The van der Waals surface area contributed by atoms with Crippen LogP contribution in [0.2, 0.25) is 5.02 Å². The molecule has 1 unspecified atom stereocenters. The summed E-state index contributed by atoms with van der Waals surface area (Å²) in [7, 11) is 0. The molecule has 0 aliphatic heterocycles. The van der Waals surface area contributed by atoms with Gasteiger partial charge < -0.3 is 15.0 Å². The minimum absolute atomic E-state index is 0.112. The van der Waals surface area contributed by atoms with E-state index in [-0.39, 0.29) is 11.4 Å². The minimum atomic E-state index is -1.09. The van der Waals surface area contributed by atoms with Crippen molar-refractivity contribution in [3.8, 4) is 0 Å². The Labute approximate surface area is 135 Å². The highest BCUT2D eigenvalue weighted by Gasteiger charge is 2.21. The fraction of sp³-hybridized carbons (Fsp3) is 0.143. The molecule has 1 aromatic heterocycles. The Kier molecular flexibility index (Phi) is 4.97. The van der Waals surface area contributed by atoms with Gasteiger partial charge in [-0.05, 0) is 25.1 Å². The van der Waals surface area contributed by atoms with Crippen LogP contribution in [0.15, 0.2) is 36.5 Å². The molecule has 1 aromatic carbocycles. The number of halogens is 1. The molecule has 120 valence electrons. The van der Waals surface area contributed by atoms with Crippen LogP contribution < -0.4 is 5.32 Å². The number of anilines is 1. The Bertz CT molecular complexity index is 758. The maximum Gasteiger partial charge on any atom is 0.355 e. The van der Waals surface area contributed by atoms with Gasteiger partial charge in [-0.15, -0.1) is 0 Å². The van der Waals surface area contributed by atoms with Gasteiger partial charge in [0.25, 0.3) is 11.6 Å². The third-order valence-electron chi connectivity index (χ3n) is 2.84. The maximum atomic E-state index is 12.0. The van der Waals surface area contributed by atoms with Gasteiger partial charge in [0.1, 0.15) is 5.69 Å². The lowest BCUT2D eigenvalue weighted by Crippen LogP contribution is -2.30. The zero-order chi connectivity index (χ0) is 17.0. The molecule has 2 N–H and O–H groups in total. The molecule has 2 aromatic rings. The zero-order valence-electron chi connectivity index (χ0n) is 11.9. The van der Waals surface area contributed by atoms with Crippen LogP contribution in [0.5, 0.6) is 0 Å². The van der Waals surface area contributed by atoms with Gasteiger partial charge in [-0.25, -0.2) is 4.79 Å². The summed E-state index contributed by atoms with van der Waals surface area (Å²) in [4.78, 5) is 36.1. The Morgan fingerprint density at radius 3 is 2.74 bits per heavy atom. The molecule has 23 heavy (non-hydrogen) atoms. The van der Waals surface area contributed by atoms with Crippen molar-refractivity contribution in [2.24, 2.45) is 0 Å². The van der Waals surface area contributed by atoms with E-state index >= 15 is 0 Å². The lowest BCUT2D eigenvalue weighted by molar-refractivity contribution is -0.384. The number of aromatic nitrogens is 1. The summed E-state index contributed by atoms with van der Waals surface area (Å²) in [5.74, 6) is -1.42. The second kappa shape index (κ2) is 6.93. The first-order chi connectivity index (χ1) is 10.9. The van der Waals surface area contributed by atoms with Crippen LogP contribution in [0.4, 0.5) is 11.4 Å². The lowest BCUT2D eigenvalue weighted by atomic mass is 10.3. The number of carbonyl (C=O) groups is 2. The first kappa shape index (κ1) is 16.5. The van der Waals surface area contributed by atoms with Crippen molar-refractivity contribution < 1.29 is 19.2 Å². The molecule has 1 heterocycles. The molecule has 8 nitrogen and oxygen atoms in total. The summed E-state index contributed by atoms with van der Waals surface area (Å²) < 4.78 is 4.96. The molecule has 0 aliphatic carbocycles. The normalized spacial score (nSPS) is 11.6. The molecule has 0 aliphatic rings. The van der Waals surface area contributed by atoms with Crippen LogP contribution in [0.25, 0.3) is 0 Å². The molecule has 2 rings (SSSR count). The Morgan fingerprint density at radius 1 is 1.39 bits per heavy atom. The van der Waals surface area contributed by atoms with Crippen molar-refractivity contribution in [1.29, 1.82) is 0 Å². The van der Waals surface area contributed by atoms with E-state index in [4.69, 9.17) is 16.3 Å². The van der Waals surface area contributed by atoms with E-state index in [0.29, 0.717) is 10.7 Å². The number of esters is 1. The summed E-state index contributed by atoms with van der Waals surface area (Å²) in [5.41, 5.74) is 0.0769. The molecule has 0 saturated carbocycles. The quantitative estimate of drug-likeness (QED) is 0.494. The molecular weight excluding hydrogens is 326 g/mol. The van der Waals surface area contributed by atoms with Gasteiger partial charge in [0.15, 0.2) is 6.10 Å². The molecule has 1 atom stereocenters. The van der Waals surface area contributed by atoms with Crippen LogP contribution in [0, 0.1) is 10.1 Å². The van der Waals surface area contributed by atoms with Gasteiger partial charge in [0.2, 0.25) is 0 Å². The molecule has 0 fully saturated rings. The molecule has 9 heteroatoms. The van der Waals surface area contributed by atoms with Crippen LogP contribution in [-0.2, 0) is 9.53 Å². The topological polar surface area (TPSA) is 114 Å². The van der Waals surface area contributed by atoms with Crippen molar-refractivity contribution in [2.75, 3.05) is 5.32 Å². The van der Waals surface area contributed by atoms with E-state index < -0.39 is 22.9 Å². The summed E-state index contributed by atoms with van der Waals surface area (Å²) in [6, 6.07) is 7.52. The average molecular weight is 338 g/mol. The van der Waals surface area contributed by atoms with Gasteiger partial charge >= 0.3 is 5.97 Å². The van der Waals surface area contributed by atoms with Crippen molar-refractivity contribution in [3.05, 3.63) is 57.4 Å². The van der Waals surface area contributed by atoms with Gasteiger partial charge in [0, 0.05) is 16.8 Å².